The van der Waals surface area contributed by atoms with Crippen LogP contribution in [-0.4, -0.2) is 14.5 Å². The van der Waals surface area contributed by atoms with Crippen molar-refractivity contribution < 1.29 is 0 Å². The first-order chi connectivity index (χ1) is 11.4. The third kappa shape index (κ3) is 2.91. The van der Waals surface area contributed by atoms with Crippen LogP contribution in [0.5, 0.6) is 0 Å². The molecule has 0 N–H and O–H groups in total. The van der Waals surface area contributed by atoms with E-state index >= 15 is 0 Å². The number of aromatic nitrogens is 3. The van der Waals surface area contributed by atoms with Crippen molar-refractivity contribution in [2.75, 3.05) is 0 Å². The highest BCUT2D eigenvalue weighted by Crippen LogP contribution is 2.27. The van der Waals surface area contributed by atoms with Gasteiger partial charge < -0.3 is 4.57 Å². The van der Waals surface area contributed by atoms with Gasteiger partial charge in [-0.2, -0.15) is 0 Å². The molecule has 2 aromatic carbocycles. The molecule has 0 radical (unpaired) electrons. The van der Waals surface area contributed by atoms with E-state index < -0.39 is 0 Å². The van der Waals surface area contributed by atoms with Crippen molar-refractivity contribution in [2.24, 2.45) is 0 Å². The molecule has 0 unspecified atom stereocenters. The van der Waals surface area contributed by atoms with Gasteiger partial charge in [-0.1, -0.05) is 58.0 Å². The largest absolute Gasteiger partial charge is 0.324 e. The lowest BCUT2D eigenvalue weighted by Gasteiger charge is -2.02. The van der Waals surface area contributed by atoms with E-state index in [9.17, 15) is 0 Å². The highest BCUT2D eigenvalue weighted by atomic mass is 15.1. The maximum Gasteiger partial charge on any atom is 0.160 e. The molecule has 0 amide bonds. The van der Waals surface area contributed by atoms with E-state index in [1.54, 1.807) is 0 Å². The minimum atomic E-state index is 0.900. The first-order valence-electron chi connectivity index (χ1n) is 8.52. The molecule has 3 nitrogen and oxygen atoms in total. The Morgan fingerprint density at radius 1 is 0.783 bits per heavy atom. The Labute approximate surface area is 138 Å². The summed E-state index contributed by atoms with van der Waals surface area (Å²) < 4.78 is 2.23. The smallest absolute Gasteiger partial charge is 0.160 e. The van der Waals surface area contributed by atoms with Crippen molar-refractivity contribution in [1.29, 1.82) is 0 Å². The minimum absolute atomic E-state index is 0.900. The summed E-state index contributed by atoms with van der Waals surface area (Å²) in [5, 5.41) is 1.18. The van der Waals surface area contributed by atoms with Crippen LogP contribution in [0.3, 0.4) is 0 Å². The molecule has 0 spiro atoms. The summed E-state index contributed by atoms with van der Waals surface area (Å²) in [6.45, 7) is 11.0. The number of rotatable bonds is 1. The van der Waals surface area contributed by atoms with Gasteiger partial charge in [-0.25, -0.2) is 9.97 Å². The van der Waals surface area contributed by atoms with Crippen LogP contribution in [0.2, 0.25) is 0 Å². The van der Waals surface area contributed by atoms with Crippen molar-refractivity contribution in [2.45, 2.75) is 41.2 Å². The fourth-order valence-electron chi connectivity index (χ4n) is 2.70. The Morgan fingerprint density at radius 2 is 1.35 bits per heavy atom. The number of para-hydroxylation sites is 3. The van der Waals surface area contributed by atoms with Crippen LogP contribution < -0.4 is 0 Å². The zero-order valence-corrected chi connectivity index (χ0v) is 14.7. The fourth-order valence-corrected chi connectivity index (χ4v) is 2.70. The highest BCUT2D eigenvalue weighted by molar-refractivity contribution is 6.06. The Kier molecular flexibility index (Phi) is 5.69. The molecular formula is C20H25N3. The van der Waals surface area contributed by atoms with Crippen LogP contribution in [0.4, 0.5) is 0 Å². The third-order valence-electron chi connectivity index (χ3n) is 3.57. The van der Waals surface area contributed by atoms with Crippen LogP contribution in [0.15, 0.2) is 48.5 Å². The second-order valence-corrected chi connectivity index (χ2v) is 4.65. The number of nitrogens with zero attached hydrogens (tertiary/aromatic N) is 3. The predicted octanol–water partition coefficient (Wildman–Crippen LogP) is 5.81. The molecule has 0 aliphatic rings. The van der Waals surface area contributed by atoms with Crippen LogP contribution in [-0.2, 0) is 6.54 Å². The lowest BCUT2D eigenvalue weighted by molar-refractivity contribution is 0.817. The molecule has 4 rings (SSSR count). The first-order valence-corrected chi connectivity index (χ1v) is 8.52. The van der Waals surface area contributed by atoms with Crippen LogP contribution >= 0.6 is 0 Å². The Bertz CT molecular complexity index is 907. The van der Waals surface area contributed by atoms with Crippen molar-refractivity contribution >= 4 is 33.1 Å². The molecular weight excluding hydrogens is 282 g/mol. The second-order valence-electron chi connectivity index (χ2n) is 4.65. The van der Waals surface area contributed by atoms with Crippen molar-refractivity contribution in [3.05, 3.63) is 48.5 Å². The molecule has 23 heavy (non-hydrogen) atoms. The molecule has 2 heterocycles. The van der Waals surface area contributed by atoms with Crippen LogP contribution in [0.1, 0.15) is 34.6 Å². The summed E-state index contributed by atoms with van der Waals surface area (Å²) in [6.07, 6.45) is 0. The van der Waals surface area contributed by atoms with Gasteiger partial charge in [0.15, 0.2) is 5.65 Å². The van der Waals surface area contributed by atoms with E-state index in [-0.39, 0.29) is 0 Å². The molecule has 4 aromatic rings. The normalized spacial score (nSPS) is 10.1. The number of benzene rings is 2. The van der Waals surface area contributed by atoms with E-state index in [2.05, 4.69) is 35.8 Å². The van der Waals surface area contributed by atoms with Gasteiger partial charge in [-0.15, -0.1) is 0 Å². The van der Waals surface area contributed by atoms with Gasteiger partial charge in [0, 0.05) is 11.9 Å². The van der Waals surface area contributed by atoms with Crippen molar-refractivity contribution in [1.82, 2.24) is 14.5 Å². The average Bonchev–Trinajstić information content (AvgIpc) is 2.96. The highest BCUT2D eigenvalue weighted by Gasteiger charge is 2.12. The summed E-state index contributed by atoms with van der Waals surface area (Å²) in [7, 11) is 0. The maximum atomic E-state index is 4.79. The Morgan fingerprint density at radius 3 is 2.00 bits per heavy atom. The van der Waals surface area contributed by atoms with Gasteiger partial charge in [0.1, 0.15) is 5.52 Å². The first kappa shape index (κ1) is 16.9. The van der Waals surface area contributed by atoms with Crippen LogP contribution in [0.25, 0.3) is 33.1 Å². The van der Waals surface area contributed by atoms with Gasteiger partial charge >= 0.3 is 0 Å². The van der Waals surface area contributed by atoms with Gasteiger partial charge in [0.05, 0.1) is 16.6 Å². The fraction of sp³-hybridized carbons (Fsp3) is 0.300. The topological polar surface area (TPSA) is 30.7 Å². The standard InChI is InChI=1S/C16H13N3.2C2H6/c1-2-19-14-10-6-3-7-11(14)15-16(19)18-13-9-5-4-8-12(13)17-15;2*1-2/h3-10H,2H2,1H3;2*1-2H3. The summed E-state index contributed by atoms with van der Waals surface area (Å²) in [5.41, 5.74) is 5.08. The summed E-state index contributed by atoms with van der Waals surface area (Å²) in [5.74, 6) is 0. The lowest BCUT2D eigenvalue weighted by Crippen LogP contribution is -1.95. The quantitative estimate of drug-likeness (QED) is 0.444. The molecule has 0 bridgehead atoms. The zero-order valence-electron chi connectivity index (χ0n) is 14.7. The monoisotopic (exact) mass is 307 g/mol. The third-order valence-corrected chi connectivity index (χ3v) is 3.57. The van der Waals surface area contributed by atoms with E-state index in [0.717, 1.165) is 28.7 Å². The Balaban J connectivity index is 0.000000448. The number of hydrogen-bond acceptors (Lipinski definition) is 2. The van der Waals surface area contributed by atoms with Crippen LogP contribution in [0, 0.1) is 0 Å². The van der Waals surface area contributed by atoms with E-state index in [1.165, 1.54) is 10.9 Å². The zero-order chi connectivity index (χ0) is 16.8. The SMILES string of the molecule is CC.CC.CCn1c2ccccc2c2nc3ccccc3nc21. The molecule has 0 saturated carbocycles. The predicted molar refractivity (Wildman–Crippen MR) is 101 cm³/mol. The second kappa shape index (κ2) is 7.73. The molecule has 0 saturated heterocycles. The molecule has 2 aromatic heterocycles. The molecule has 3 heteroatoms. The van der Waals surface area contributed by atoms with Crippen molar-refractivity contribution in [3.63, 3.8) is 0 Å². The van der Waals surface area contributed by atoms with E-state index in [0.29, 0.717) is 0 Å². The summed E-state index contributed by atoms with van der Waals surface area (Å²) in [4.78, 5) is 9.58. The van der Waals surface area contributed by atoms with E-state index in [4.69, 9.17) is 9.97 Å². The van der Waals surface area contributed by atoms with Gasteiger partial charge in [-0.05, 0) is 25.1 Å². The van der Waals surface area contributed by atoms with Gasteiger partial charge in [0.25, 0.3) is 0 Å². The molecule has 0 fully saturated rings. The molecule has 120 valence electrons. The summed E-state index contributed by atoms with van der Waals surface area (Å²) in [6, 6.07) is 16.4. The Hall–Kier alpha value is -2.42. The number of hydrogen-bond donors (Lipinski definition) is 0. The number of fused-ring (bicyclic) bond motifs is 4. The molecule has 0 aliphatic carbocycles. The summed E-state index contributed by atoms with van der Waals surface area (Å²) >= 11 is 0. The molecule has 0 aliphatic heterocycles. The lowest BCUT2D eigenvalue weighted by atomic mass is 10.2. The molecule has 0 atom stereocenters. The maximum absolute atomic E-state index is 4.79. The van der Waals surface area contributed by atoms with Gasteiger partial charge in [0.2, 0.25) is 0 Å². The van der Waals surface area contributed by atoms with E-state index in [1.807, 2.05) is 52.0 Å². The average molecular weight is 307 g/mol. The van der Waals surface area contributed by atoms with Gasteiger partial charge in [-0.3, -0.25) is 0 Å². The minimum Gasteiger partial charge on any atom is -0.324 e. The number of aryl methyl sites for hydroxylation is 1. The van der Waals surface area contributed by atoms with Crippen molar-refractivity contribution in [3.8, 4) is 0 Å².